The third kappa shape index (κ3) is 2.11. The van der Waals surface area contributed by atoms with Crippen LogP contribution in [0.15, 0.2) is 29.1 Å². The second-order valence-corrected chi connectivity index (χ2v) is 5.22. The third-order valence-corrected chi connectivity index (χ3v) is 3.62. The van der Waals surface area contributed by atoms with Crippen LogP contribution in [0, 0.1) is 6.92 Å². The van der Waals surface area contributed by atoms with E-state index in [-0.39, 0.29) is 17.4 Å². The van der Waals surface area contributed by atoms with Crippen molar-refractivity contribution in [3.8, 4) is 11.3 Å². The maximum atomic E-state index is 11.5. The van der Waals surface area contributed by atoms with Crippen molar-refractivity contribution in [2.24, 2.45) is 0 Å². The van der Waals surface area contributed by atoms with Gasteiger partial charge in [-0.25, -0.2) is 5.10 Å². The molecule has 1 aliphatic rings. The van der Waals surface area contributed by atoms with Crippen molar-refractivity contribution < 1.29 is 4.79 Å². The van der Waals surface area contributed by atoms with Crippen LogP contribution in [-0.2, 0) is 4.79 Å². The van der Waals surface area contributed by atoms with Crippen LogP contribution in [0.4, 0.5) is 5.69 Å². The van der Waals surface area contributed by atoms with Crippen LogP contribution >= 0.6 is 0 Å². The number of benzene rings is 1. The molecule has 0 aliphatic carbocycles. The van der Waals surface area contributed by atoms with Crippen LogP contribution in [0.25, 0.3) is 11.3 Å². The minimum Gasteiger partial charge on any atom is -0.326 e. The Bertz CT molecular complexity index is 749. The quantitative estimate of drug-likeness (QED) is 0.833. The minimum atomic E-state index is -0.204. The first-order valence-electron chi connectivity index (χ1n) is 6.55. The number of H-pyrrole nitrogens is 1. The maximum absolute atomic E-state index is 11.5. The fraction of sp³-hybridized carbons (Fsp3) is 0.267. The molecule has 5 heteroatoms. The summed E-state index contributed by atoms with van der Waals surface area (Å²) in [5, 5.41) is 9.45. The topological polar surface area (TPSA) is 74.8 Å². The first kappa shape index (κ1) is 12.6. The van der Waals surface area contributed by atoms with Crippen LogP contribution in [0.5, 0.6) is 0 Å². The molecule has 0 saturated heterocycles. The Hall–Kier alpha value is -2.43. The Kier molecular flexibility index (Phi) is 2.89. The summed E-state index contributed by atoms with van der Waals surface area (Å²) in [6.07, 6.45) is 0.495. The Labute approximate surface area is 116 Å². The highest BCUT2D eigenvalue weighted by molar-refractivity contribution is 5.95. The Morgan fingerprint density at radius 3 is 2.80 bits per heavy atom. The number of amides is 1. The number of anilines is 1. The van der Waals surface area contributed by atoms with Gasteiger partial charge in [-0.15, -0.1) is 0 Å². The van der Waals surface area contributed by atoms with Crippen molar-refractivity contribution in [3.63, 3.8) is 0 Å². The van der Waals surface area contributed by atoms with Crippen LogP contribution in [0.1, 0.15) is 30.4 Å². The molecule has 0 fully saturated rings. The Balaban J connectivity index is 2.10. The summed E-state index contributed by atoms with van der Waals surface area (Å²) in [6.45, 7) is 3.90. The molecule has 0 spiro atoms. The summed E-state index contributed by atoms with van der Waals surface area (Å²) in [6, 6.07) is 7.37. The number of aromatic nitrogens is 2. The molecule has 2 N–H and O–H groups in total. The smallest absolute Gasteiger partial charge is 0.264 e. The van der Waals surface area contributed by atoms with Gasteiger partial charge in [-0.05, 0) is 36.1 Å². The number of aryl methyl sites for hydroxylation is 1. The lowest BCUT2D eigenvalue weighted by atomic mass is 9.90. The van der Waals surface area contributed by atoms with Crippen LogP contribution in [0.3, 0.4) is 0 Å². The van der Waals surface area contributed by atoms with Crippen LogP contribution in [0.2, 0.25) is 0 Å². The molecule has 1 unspecified atom stereocenters. The molecule has 1 aromatic heterocycles. The van der Waals surface area contributed by atoms with Gasteiger partial charge >= 0.3 is 0 Å². The van der Waals surface area contributed by atoms with Crippen LogP contribution < -0.4 is 10.9 Å². The number of nitrogens with zero attached hydrogens (tertiary/aromatic N) is 1. The molecule has 2 aromatic rings. The molecule has 0 bridgehead atoms. The lowest BCUT2D eigenvalue weighted by molar-refractivity contribution is -0.116. The molecule has 1 aliphatic heterocycles. The molecule has 5 nitrogen and oxygen atoms in total. The highest BCUT2D eigenvalue weighted by atomic mass is 16.1. The zero-order chi connectivity index (χ0) is 14.3. The third-order valence-electron chi connectivity index (χ3n) is 3.62. The number of fused-ring (bicyclic) bond motifs is 1. The Morgan fingerprint density at radius 1 is 1.25 bits per heavy atom. The van der Waals surface area contributed by atoms with E-state index in [4.69, 9.17) is 0 Å². The number of carbonyl (C=O) groups is 1. The lowest BCUT2D eigenvalue weighted by Gasteiger charge is -2.23. The molecule has 0 radical (unpaired) electrons. The van der Waals surface area contributed by atoms with Crippen molar-refractivity contribution in [3.05, 3.63) is 45.7 Å². The predicted molar refractivity (Wildman–Crippen MR) is 76.7 cm³/mol. The van der Waals surface area contributed by atoms with Crippen molar-refractivity contribution in [2.45, 2.75) is 26.2 Å². The summed E-state index contributed by atoms with van der Waals surface area (Å²) < 4.78 is 0. The summed E-state index contributed by atoms with van der Waals surface area (Å²) in [7, 11) is 0. The van der Waals surface area contributed by atoms with Gasteiger partial charge in [0.05, 0.1) is 5.69 Å². The molecule has 20 heavy (non-hydrogen) atoms. The van der Waals surface area contributed by atoms with Crippen molar-refractivity contribution in [1.82, 2.24) is 10.2 Å². The second-order valence-electron chi connectivity index (χ2n) is 5.22. The molecule has 2 heterocycles. The molecule has 102 valence electrons. The van der Waals surface area contributed by atoms with E-state index < -0.39 is 0 Å². The van der Waals surface area contributed by atoms with Gasteiger partial charge in [0, 0.05) is 23.7 Å². The van der Waals surface area contributed by atoms with Gasteiger partial charge in [-0.1, -0.05) is 13.0 Å². The number of rotatable bonds is 1. The molecule has 0 saturated carbocycles. The number of nitrogens with one attached hydrogen (secondary N) is 2. The molecule has 1 aromatic carbocycles. The van der Waals surface area contributed by atoms with Gasteiger partial charge in [0.25, 0.3) is 5.56 Å². The standard InChI is InChI=1S/C15H15N3O2/c1-8-5-13(19)16-12-4-3-10(7-11(8)12)15-9(2)6-14(20)17-18-15/h3-4,6-8H,5H2,1-2H3,(H,16,19)(H,17,20). The van der Waals surface area contributed by atoms with Crippen LogP contribution in [-0.4, -0.2) is 16.1 Å². The van der Waals surface area contributed by atoms with E-state index in [1.807, 2.05) is 32.0 Å². The van der Waals surface area contributed by atoms with Gasteiger partial charge in [0.1, 0.15) is 0 Å². The minimum absolute atomic E-state index is 0.0519. The zero-order valence-electron chi connectivity index (χ0n) is 11.4. The highest BCUT2D eigenvalue weighted by Crippen LogP contribution is 2.34. The predicted octanol–water partition coefficient (Wildman–Crippen LogP) is 2.19. The van der Waals surface area contributed by atoms with E-state index in [1.54, 1.807) is 0 Å². The van der Waals surface area contributed by atoms with E-state index in [1.165, 1.54) is 6.07 Å². The number of hydrogen-bond acceptors (Lipinski definition) is 3. The summed E-state index contributed by atoms with van der Waals surface area (Å²) in [4.78, 5) is 22.7. The van der Waals surface area contributed by atoms with Crippen molar-refractivity contribution in [1.29, 1.82) is 0 Å². The summed E-state index contributed by atoms with van der Waals surface area (Å²) in [5.74, 6) is 0.234. The summed E-state index contributed by atoms with van der Waals surface area (Å²) >= 11 is 0. The molecular formula is C15H15N3O2. The lowest BCUT2D eigenvalue weighted by Crippen LogP contribution is -2.21. The van der Waals surface area contributed by atoms with Gasteiger partial charge < -0.3 is 5.32 Å². The number of carbonyl (C=O) groups excluding carboxylic acids is 1. The molecule has 3 rings (SSSR count). The van der Waals surface area contributed by atoms with E-state index in [0.29, 0.717) is 6.42 Å². The van der Waals surface area contributed by atoms with Gasteiger partial charge in [-0.2, -0.15) is 5.10 Å². The summed E-state index contributed by atoms with van der Waals surface area (Å²) in [5.41, 5.74) is 4.30. The van der Waals surface area contributed by atoms with Gasteiger partial charge in [0.2, 0.25) is 5.91 Å². The average Bonchev–Trinajstić information content (AvgIpc) is 2.38. The first-order valence-corrected chi connectivity index (χ1v) is 6.55. The average molecular weight is 269 g/mol. The van der Waals surface area contributed by atoms with Gasteiger partial charge in [-0.3, -0.25) is 9.59 Å². The normalized spacial score (nSPS) is 17.5. The number of hydrogen-bond donors (Lipinski definition) is 2. The van der Waals surface area contributed by atoms with E-state index >= 15 is 0 Å². The highest BCUT2D eigenvalue weighted by Gasteiger charge is 2.22. The number of aromatic amines is 1. The fourth-order valence-corrected chi connectivity index (χ4v) is 2.61. The Morgan fingerprint density at radius 2 is 2.05 bits per heavy atom. The van der Waals surface area contributed by atoms with E-state index in [2.05, 4.69) is 15.5 Å². The zero-order valence-corrected chi connectivity index (χ0v) is 11.4. The molecular weight excluding hydrogens is 254 g/mol. The monoisotopic (exact) mass is 269 g/mol. The SMILES string of the molecule is Cc1cc(=O)[nH]nc1-c1ccc2c(c1)C(C)CC(=O)N2. The first-order chi connectivity index (χ1) is 9.54. The van der Waals surface area contributed by atoms with Crippen molar-refractivity contribution in [2.75, 3.05) is 5.32 Å². The van der Waals surface area contributed by atoms with E-state index in [9.17, 15) is 9.59 Å². The second kappa shape index (κ2) is 4.59. The fourth-order valence-electron chi connectivity index (χ4n) is 2.61. The molecule has 1 atom stereocenters. The van der Waals surface area contributed by atoms with Crippen molar-refractivity contribution >= 4 is 11.6 Å². The van der Waals surface area contributed by atoms with E-state index in [0.717, 1.165) is 28.1 Å². The molecule has 1 amide bonds. The maximum Gasteiger partial charge on any atom is 0.264 e. The largest absolute Gasteiger partial charge is 0.326 e. The van der Waals surface area contributed by atoms with Gasteiger partial charge in [0.15, 0.2) is 0 Å².